The molecular formula is C33H34ClFN6O9. The van der Waals surface area contributed by atoms with Gasteiger partial charge in [0.15, 0.2) is 6.10 Å². The normalized spacial score (nSPS) is 12.2. The van der Waals surface area contributed by atoms with E-state index in [1.807, 2.05) is 0 Å². The number of nitrogens with zero attached hydrogens (tertiary/aromatic N) is 3. The Morgan fingerprint density at radius 2 is 1.70 bits per heavy atom. The van der Waals surface area contributed by atoms with Gasteiger partial charge in [-0.3, -0.25) is 15.2 Å². The number of para-hydroxylation sites is 1. The van der Waals surface area contributed by atoms with Crippen molar-refractivity contribution in [3.8, 4) is 16.8 Å². The molecule has 0 aliphatic heterocycles. The molecule has 0 spiro atoms. The number of benzene rings is 3. The first-order valence-corrected chi connectivity index (χ1v) is 15.4. The molecule has 17 heteroatoms. The van der Waals surface area contributed by atoms with Crippen molar-refractivity contribution in [2.45, 2.75) is 32.5 Å². The first-order valence-electron chi connectivity index (χ1n) is 15.1. The number of carbonyl (C=O) groups is 4. The third-order valence-electron chi connectivity index (χ3n) is 7.11. The van der Waals surface area contributed by atoms with Gasteiger partial charge in [0.1, 0.15) is 11.9 Å². The van der Waals surface area contributed by atoms with Crippen LogP contribution in [0.25, 0.3) is 16.8 Å². The molecule has 4 aromatic rings. The number of aliphatic hydroxyl groups excluding tert-OH is 1. The minimum absolute atomic E-state index is 0.0950. The van der Waals surface area contributed by atoms with E-state index in [1.54, 1.807) is 68.4 Å². The van der Waals surface area contributed by atoms with E-state index >= 15 is 0 Å². The number of hydrogen-bond acceptors (Lipinski definition) is 11. The molecule has 0 bridgehead atoms. The van der Waals surface area contributed by atoms with E-state index in [0.29, 0.717) is 21.8 Å². The summed E-state index contributed by atoms with van der Waals surface area (Å²) in [6.45, 7) is 1.77. The number of nitrogens with one attached hydrogen (secondary N) is 3. The summed E-state index contributed by atoms with van der Waals surface area (Å²) in [5.41, 5.74) is 3.59. The Balaban J connectivity index is 1.47. The molecule has 1 heterocycles. The lowest BCUT2D eigenvalue weighted by Crippen LogP contribution is -2.48. The molecule has 264 valence electrons. The second-order valence-electron chi connectivity index (χ2n) is 11.1. The van der Waals surface area contributed by atoms with Crippen LogP contribution < -0.4 is 16.4 Å². The number of esters is 2. The summed E-state index contributed by atoms with van der Waals surface area (Å²) >= 11 is 6.03. The number of carbonyl (C=O) groups excluding carboxylic acids is 4. The van der Waals surface area contributed by atoms with Crippen LogP contribution in [-0.4, -0.2) is 81.4 Å². The Labute approximate surface area is 289 Å². The van der Waals surface area contributed by atoms with E-state index in [1.165, 1.54) is 23.2 Å². The third-order valence-corrected chi connectivity index (χ3v) is 7.34. The predicted octanol–water partition coefficient (Wildman–Crippen LogP) is 2.95. The minimum atomic E-state index is -1.87. The third kappa shape index (κ3) is 9.97. The number of aromatic nitrogens is 3. The van der Waals surface area contributed by atoms with Gasteiger partial charge in [-0.05, 0) is 47.4 Å². The number of halogens is 2. The van der Waals surface area contributed by atoms with Crippen molar-refractivity contribution < 1.29 is 42.9 Å². The molecule has 0 radical (unpaired) electrons. The summed E-state index contributed by atoms with van der Waals surface area (Å²) in [4.78, 5) is 64.8. The van der Waals surface area contributed by atoms with Gasteiger partial charge >= 0.3 is 29.6 Å². The molecule has 15 nitrogen and oxygen atoms in total. The van der Waals surface area contributed by atoms with E-state index in [9.17, 15) is 33.5 Å². The van der Waals surface area contributed by atoms with Crippen LogP contribution in [0.4, 0.5) is 9.18 Å². The Kier molecular flexibility index (Phi) is 12.8. The van der Waals surface area contributed by atoms with Crippen LogP contribution in [0, 0.1) is 11.7 Å². The average molecular weight is 713 g/mol. The number of hydrazine groups is 1. The highest BCUT2D eigenvalue weighted by Crippen LogP contribution is 2.26. The largest absolute Gasteiger partial charge is 0.453 e. The van der Waals surface area contributed by atoms with Gasteiger partial charge < -0.3 is 24.6 Å². The molecule has 50 heavy (non-hydrogen) atoms. The van der Waals surface area contributed by atoms with Gasteiger partial charge in [-0.25, -0.2) is 28.6 Å². The summed E-state index contributed by atoms with van der Waals surface area (Å²) in [6, 6.07) is 17.9. The van der Waals surface area contributed by atoms with Crippen LogP contribution in [-0.2, 0) is 30.3 Å². The van der Waals surface area contributed by atoms with Crippen LogP contribution in [0.2, 0.25) is 5.02 Å². The van der Waals surface area contributed by atoms with Gasteiger partial charge in [-0.1, -0.05) is 67.9 Å². The van der Waals surface area contributed by atoms with Crippen molar-refractivity contribution >= 4 is 35.5 Å². The van der Waals surface area contributed by atoms with Crippen LogP contribution in [0.15, 0.2) is 77.6 Å². The number of rotatable bonds is 14. The van der Waals surface area contributed by atoms with E-state index in [2.05, 4.69) is 25.6 Å². The zero-order chi connectivity index (χ0) is 36.4. The molecule has 2 amide bonds. The number of hydrogen-bond donors (Lipinski definition) is 4. The monoisotopic (exact) mass is 712 g/mol. The number of methoxy groups -OCH3 is 1. The van der Waals surface area contributed by atoms with Crippen molar-refractivity contribution in [2.24, 2.45) is 5.92 Å². The smallest absolute Gasteiger partial charge is 0.407 e. The van der Waals surface area contributed by atoms with Crippen molar-refractivity contribution in [3.63, 3.8) is 0 Å². The molecule has 3 aromatic carbocycles. The molecule has 0 saturated heterocycles. The fourth-order valence-corrected chi connectivity index (χ4v) is 4.72. The number of amides is 2. The standard InChI is InChI=1S/C33H34ClFN6O9/c1-19(2)27(36-33(47)48-3)31(45)50-18-49-30(44)26(42)17-40(16-20-9-11-21(12-10-20)24-15-22(34)13-14-25(24)35)39-29(43)28-37-32(46)41(38-28)23-7-5-4-6-8-23/h4-15,19,26-27,42H,16-18H2,1-3H3,(H,36,47)(H,39,43)(H,37,38,46)/t26-,27+/m1/s1. The highest BCUT2D eigenvalue weighted by atomic mass is 35.5. The molecular weight excluding hydrogens is 679 g/mol. The van der Waals surface area contributed by atoms with E-state index < -0.39 is 66.8 Å². The maximum Gasteiger partial charge on any atom is 0.407 e. The topological polar surface area (TPSA) is 194 Å². The predicted molar refractivity (Wildman–Crippen MR) is 176 cm³/mol. The van der Waals surface area contributed by atoms with Crippen LogP contribution in [0.1, 0.15) is 30.0 Å². The fraction of sp³-hybridized carbons (Fsp3) is 0.273. The molecule has 0 saturated carbocycles. The van der Waals surface area contributed by atoms with Gasteiger partial charge in [0, 0.05) is 17.1 Å². The second kappa shape index (κ2) is 17.2. The number of alkyl carbamates (subject to hydrolysis) is 1. The summed E-state index contributed by atoms with van der Waals surface area (Å²) in [5.74, 6) is -4.22. The van der Waals surface area contributed by atoms with Crippen molar-refractivity contribution in [3.05, 3.63) is 106 Å². The molecule has 2 atom stereocenters. The Bertz CT molecular complexity index is 1870. The van der Waals surface area contributed by atoms with E-state index in [4.69, 9.17) is 21.1 Å². The molecule has 4 rings (SSSR count). The first-order chi connectivity index (χ1) is 23.9. The number of aromatic amines is 1. The van der Waals surface area contributed by atoms with E-state index in [0.717, 1.165) is 11.8 Å². The SMILES string of the molecule is COC(=O)N[C@H](C(=O)OCOC(=O)[C@H](O)CN(Cc1ccc(-c2cc(Cl)ccc2F)cc1)NC(=O)c1nn(-c2ccccc2)c(=O)[nH]1)C(C)C. The van der Waals surface area contributed by atoms with Crippen molar-refractivity contribution in [1.29, 1.82) is 0 Å². The van der Waals surface area contributed by atoms with Crippen LogP contribution in [0.5, 0.6) is 0 Å². The van der Waals surface area contributed by atoms with Gasteiger partial charge in [0.05, 0.1) is 19.3 Å². The zero-order valence-electron chi connectivity index (χ0n) is 27.1. The van der Waals surface area contributed by atoms with Crippen LogP contribution in [0.3, 0.4) is 0 Å². The number of ether oxygens (including phenoxy) is 3. The molecule has 0 aliphatic carbocycles. The maximum atomic E-state index is 14.4. The van der Waals surface area contributed by atoms with Crippen LogP contribution >= 0.6 is 11.6 Å². The Morgan fingerprint density at radius 1 is 1.02 bits per heavy atom. The van der Waals surface area contributed by atoms with Gasteiger partial charge in [0.25, 0.3) is 0 Å². The average Bonchev–Trinajstić information content (AvgIpc) is 3.50. The fourth-order valence-electron chi connectivity index (χ4n) is 4.54. The summed E-state index contributed by atoms with van der Waals surface area (Å²) in [6.07, 6.45) is -2.73. The summed E-state index contributed by atoms with van der Waals surface area (Å²) < 4.78 is 29.8. The quantitative estimate of drug-likeness (QED) is 0.0853. The lowest BCUT2D eigenvalue weighted by molar-refractivity contribution is -0.175. The van der Waals surface area contributed by atoms with Gasteiger partial charge in [-0.15, -0.1) is 5.10 Å². The van der Waals surface area contributed by atoms with Crippen molar-refractivity contribution in [2.75, 3.05) is 20.4 Å². The molecule has 1 aromatic heterocycles. The van der Waals surface area contributed by atoms with Crippen molar-refractivity contribution in [1.82, 2.24) is 30.5 Å². The summed E-state index contributed by atoms with van der Waals surface area (Å²) in [5, 5.41) is 18.6. The number of H-pyrrole nitrogens is 1. The molecule has 0 unspecified atom stereocenters. The second-order valence-corrected chi connectivity index (χ2v) is 11.5. The highest BCUT2D eigenvalue weighted by molar-refractivity contribution is 6.30. The zero-order valence-corrected chi connectivity index (χ0v) is 27.8. The molecule has 0 aliphatic rings. The van der Waals surface area contributed by atoms with E-state index in [-0.39, 0.29) is 17.9 Å². The van der Waals surface area contributed by atoms with Gasteiger partial charge in [0.2, 0.25) is 12.6 Å². The molecule has 4 N–H and O–H groups in total. The summed E-state index contributed by atoms with van der Waals surface area (Å²) in [7, 11) is 1.13. The number of aliphatic hydroxyl groups is 1. The highest BCUT2D eigenvalue weighted by Gasteiger charge is 2.28. The lowest BCUT2D eigenvalue weighted by atomic mass is 10.0. The minimum Gasteiger partial charge on any atom is -0.453 e. The Hall–Kier alpha value is -5.58. The molecule has 0 fully saturated rings. The Morgan fingerprint density at radius 3 is 2.36 bits per heavy atom. The lowest BCUT2D eigenvalue weighted by Gasteiger charge is -2.25. The first kappa shape index (κ1) is 37.2. The maximum absolute atomic E-state index is 14.4. The van der Waals surface area contributed by atoms with Gasteiger partial charge in [-0.2, -0.15) is 4.68 Å².